The molecule has 0 bridgehead atoms. The molecular formula is C21H24ClN3. The second-order valence-electron chi connectivity index (χ2n) is 6.75. The summed E-state index contributed by atoms with van der Waals surface area (Å²) in [4.78, 5) is 9.78. The third-order valence-electron chi connectivity index (χ3n) is 5.05. The van der Waals surface area contributed by atoms with E-state index in [0.717, 1.165) is 43.5 Å². The van der Waals surface area contributed by atoms with Crippen molar-refractivity contribution in [2.45, 2.75) is 32.2 Å². The van der Waals surface area contributed by atoms with Crippen LogP contribution in [0.3, 0.4) is 0 Å². The largest absolute Gasteiger partial charge is 0.331 e. The summed E-state index contributed by atoms with van der Waals surface area (Å²) >= 11 is 6.39. The monoisotopic (exact) mass is 353 g/mol. The normalized spacial score (nSPS) is 19.3. The highest BCUT2D eigenvalue weighted by molar-refractivity contribution is 6.30. The van der Waals surface area contributed by atoms with E-state index in [9.17, 15) is 0 Å². The van der Waals surface area contributed by atoms with Crippen molar-refractivity contribution in [3.05, 3.63) is 64.7 Å². The number of benzene rings is 2. The topological polar surface area (TPSA) is 18.8 Å². The fraction of sp³-hybridized carbons (Fsp3) is 0.381. The van der Waals surface area contributed by atoms with Crippen LogP contribution in [0.25, 0.3) is 0 Å². The molecule has 0 radical (unpaired) electrons. The molecule has 0 aliphatic carbocycles. The zero-order valence-corrected chi connectivity index (χ0v) is 15.4. The van der Waals surface area contributed by atoms with Crippen molar-refractivity contribution in [1.29, 1.82) is 0 Å². The number of nitrogens with zero attached hydrogens (tertiary/aromatic N) is 3. The smallest absolute Gasteiger partial charge is 0.201 e. The number of hydrogen-bond acceptors (Lipinski definition) is 3. The van der Waals surface area contributed by atoms with E-state index in [1.165, 1.54) is 23.2 Å². The summed E-state index contributed by atoms with van der Waals surface area (Å²) in [5.74, 6) is 1.13. The number of aliphatic imine (C=N–C) groups is 1. The van der Waals surface area contributed by atoms with Gasteiger partial charge in [0.05, 0.1) is 6.04 Å². The molecule has 2 aliphatic heterocycles. The maximum Gasteiger partial charge on any atom is 0.201 e. The first-order valence-corrected chi connectivity index (χ1v) is 9.60. The molecule has 2 aromatic carbocycles. The van der Waals surface area contributed by atoms with Crippen LogP contribution in [0.5, 0.6) is 0 Å². The molecule has 4 rings (SSSR count). The fourth-order valence-electron chi connectivity index (χ4n) is 3.89. The van der Waals surface area contributed by atoms with Crippen LogP contribution >= 0.6 is 11.6 Å². The molecule has 130 valence electrons. The lowest BCUT2D eigenvalue weighted by atomic mass is 9.92. The lowest BCUT2D eigenvalue weighted by molar-refractivity contribution is 0.322. The van der Waals surface area contributed by atoms with Crippen molar-refractivity contribution in [2.24, 2.45) is 4.99 Å². The molecule has 1 unspecified atom stereocenters. The average molecular weight is 354 g/mol. The van der Waals surface area contributed by atoms with Gasteiger partial charge in [-0.15, -0.1) is 0 Å². The molecule has 2 heterocycles. The van der Waals surface area contributed by atoms with Crippen molar-refractivity contribution >= 4 is 23.2 Å². The van der Waals surface area contributed by atoms with Crippen molar-refractivity contribution in [2.75, 3.05) is 24.5 Å². The Morgan fingerprint density at radius 1 is 1.16 bits per heavy atom. The summed E-state index contributed by atoms with van der Waals surface area (Å²) in [5, 5.41) is 0.799. The summed E-state index contributed by atoms with van der Waals surface area (Å²) in [5.41, 5.74) is 3.84. The van der Waals surface area contributed by atoms with E-state index >= 15 is 0 Å². The molecule has 2 aromatic rings. The number of hydrogen-bond donors (Lipinski definition) is 0. The zero-order valence-electron chi connectivity index (χ0n) is 14.7. The molecule has 0 aromatic heterocycles. The highest BCUT2D eigenvalue weighted by atomic mass is 35.5. The van der Waals surface area contributed by atoms with Crippen LogP contribution in [0, 0.1) is 0 Å². The first-order valence-electron chi connectivity index (χ1n) is 9.22. The zero-order chi connectivity index (χ0) is 17.2. The Kier molecular flexibility index (Phi) is 4.67. The van der Waals surface area contributed by atoms with E-state index in [0.29, 0.717) is 0 Å². The molecule has 0 saturated heterocycles. The van der Waals surface area contributed by atoms with Gasteiger partial charge in [-0.05, 0) is 36.6 Å². The Morgan fingerprint density at radius 2 is 2.00 bits per heavy atom. The van der Waals surface area contributed by atoms with Crippen molar-refractivity contribution in [1.82, 2.24) is 4.90 Å². The minimum absolute atomic E-state index is 0.187. The summed E-state index contributed by atoms with van der Waals surface area (Å²) in [6.07, 6.45) is 3.43. The summed E-state index contributed by atoms with van der Waals surface area (Å²) in [6.45, 7) is 5.19. The van der Waals surface area contributed by atoms with Gasteiger partial charge in [0.25, 0.3) is 0 Å². The molecule has 2 aliphatic rings. The van der Waals surface area contributed by atoms with Crippen LogP contribution in [-0.4, -0.2) is 30.5 Å². The fourth-order valence-corrected chi connectivity index (χ4v) is 4.07. The maximum absolute atomic E-state index is 6.39. The molecule has 0 saturated carbocycles. The Morgan fingerprint density at radius 3 is 2.80 bits per heavy atom. The lowest BCUT2D eigenvalue weighted by Crippen LogP contribution is -2.53. The summed E-state index contributed by atoms with van der Waals surface area (Å²) in [7, 11) is 0. The van der Waals surface area contributed by atoms with Crippen LogP contribution in [-0.2, 0) is 0 Å². The van der Waals surface area contributed by atoms with E-state index in [4.69, 9.17) is 16.6 Å². The summed E-state index contributed by atoms with van der Waals surface area (Å²) in [6, 6.07) is 17.2. The van der Waals surface area contributed by atoms with Crippen molar-refractivity contribution < 1.29 is 0 Å². The molecule has 0 N–H and O–H groups in total. The van der Waals surface area contributed by atoms with Gasteiger partial charge in [0.1, 0.15) is 0 Å². The predicted octanol–water partition coefficient (Wildman–Crippen LogP) is 5.11. The number of anilines is 1. The third kappa shape index (κ3) is 3.02. The van der Waals surface area contributed by atoms with Gasteiger partial charge in [-0.25, -0.2) is 0 Å². The van der Waals surface area contributed by atoms with Gasteiger partial charge in [0.15, 0.2) is 0 Å². The van der Waals surface area contributed by atoms with E-state index < -0.39 is 0 Å². The number of guanidine groups is 1. The number of rotatable bonds is 4. The molecule has 25 heavy (non-hydrogen) atoms. The standard InChI is InChI=1S/C21H24ClN3/c1-2-3-13-24-19-11-10-17(22)15-18(19)20(16-8-5-4-6-9-16)25-14-7-12-23-21(24)25/h4-6,8-11,15,20H,2-3,7,12-14H2,1H3. The Hall–Kier alpha value is -2.00. The Balaban J connectivity index is 1.88. The van der Waals surface area contributed by atoms with Crippen LogP contribution in [0.4, 0.5) is 5.69 Å². The molecule has 1 atom stereocenters. The minimum Gasteiger partial charge on any atom is -0.331 e. The predicted molar refractivity (Wildman–Crippen MR) is 106 cm³/mol. The van der Waals surface area contributed by atoms with E-state index in [-0.39, 0.29) is 6.04 Å². The van der Waals surface area contributed by atoms with Gasteiger partial charge in [0.2, 0.25) is 5.96 Å². The molecular weight excluding hydrogens is 330 g/mol. The van der Waals surface area contributed by atoms with Gasteiger partial charge in [-0.2, -0.15) is 0 Å². The molecule has 3 nitrogen and oxygen atoms in total. The highest BCUT2D eigenvalue weighted by Crippen LogP contribution is 2.42. The van der Waals surface area contributed by atoms with Gasteiger partial charge in [-0.3, -0.25) is 4.99 Å². The van der Waals surface area contributed by atoms with Gasteiger partial charge in [-0.1, -0.05) is 55.3 Å². The lowest BCUT2D eigenvalue weighted by Gasteiger charge is -2.47. The number of unbranched alkanes of at least 4 members (excludes halogenated alkanes) is 1. The van der Waals surface area contributed by atoms with Gasteiger partial charge < -0.3 is 9.80 Å². The molecule has 0 amide bonds. The third-order valence-corrected chi connectivity index (χ3v) is 5.28. The summed E-state index contributed by atoms with van der Waals surface area (Å²) < 4.78 is 0. The Bertz CT molecular complexity index is 772. The first-order chi connectivity index (χ1) is 12.3. The van der Waals surface area contributed by atoms with Crippen LogP contribution in [0.15, 0.2) is 53.5 Å². The number of fused-ring (bicyclic) bond motifs is 2. The molecule has 0 spiro atoms. The highest BCUT2D eigenvalue weighted by Gasteiger charge is 2.37. The second-order valence-corrected chi connectivity index (χ2v) is 7.19. The maximum atomic E-state index is 6.39. The molecule has 4 heteroatoms. The van der Waals surface area contributed by atoms with Gasteiger partial charge >= 0.3 is 0 Å². The average Bonchev–Trinajstić information content (AvgIpc) is 2.65. The van der Waals surface area contributed by atoms with E-state index in [1.807, 2.05) is 6.07 Å². The minimum atomic E-state index is 0.187. The second kappa shape index (κ2) is 7.09. The van der Waals surface area contributed by atoms with Crippen LogP contribution < -0.4 is 4.90 Å². The first kappa shape index (κ1) is 16.5. The van der Waals surface area contributed by atoms with Crippen LogP contribution in [0.2, 0.25) is 5.02 Å². The van der Waals surface area contributed by atoms with Gasteiger partial charge in [0, 0.05) is 35.9 Å². The SMILES string of the molecule is CCCCN1C2=NCCCN2C(c2ccccc2)c2cc(Cl)ccc21. The van der Waals surface area contributed by atoms with Crippen LogP contribution in [0.1, 0.15) is 43.4 Å². The van der Waals surface area contributed by atoms with Crippen molar-refractivity contribution in [3.8, 4) is 0 Å². The quantitative estimate of drug-likeness (QED) is 0.760. The van der Waals surface area contributed by atoms with E-state index in [2.05, 4.69) is 59.2 Å². The number of halogens is 1. The van der Waals surface area contributed by atoms with Crippen molar-refractivity contribution in [3.63, 3.8) is 0 Å². The Labute approximate surface area is 154 Å². The molecule has 0 fully saturated rings. The van der Waals surface area contributed by atoms with E-state index in [1.54, 1.807) is 0 Å².